The van der Waals surface area contributed by atoms with Crippen molar-refractivity contribution in [1.29, 1.82) is 0 Å². The molecular weight excluding hydrogens is 334 g/mol. The lowest BCUT2D eigenvalue weighted by molar-refractivity contribution is 0.112. The zero-order valence-electron chi connectivity index (χ0n) is 15.1. The SMILES string of the molecule is CC(=NN)c1ccc(-c2ccccc2)cc1.O=Cc1c[nH]c2ccccc12. The maximum atomic E-state index is 10.5. The Kier molecular flexibility index (Phi) is 5.80. The van der Waals surface area contributed by atoms with Gasteiger partial charge in [0, 0.05) is 22.7 Å². The van der Waals surface area contributed by atoms with E-state index in [0.29, 0.717) is 0 Å². The van der Waals surface area contributed by atoms with Crippen molar-refractivity contribution in [2.24, 2.45) is 10.9 Å². The standard InChI is InChI=1S/C14H14N2.C9H7NO/c1-11(16-15)12-7-9-14(10-8-12)13-5-3-2-4-6-13;11-6-7-5-10-9-4-2-1-3-8(7)9/h2-10H,15H2,1H3;1-6,10H. The number of H-pyrrole nitrogens is 1. The quantitative estimate of drug-likeness (QED) is 0.234. The summed E-state index contributed by atoms with van der Waals surface area (Å²) < 4.78 is 0. The Morgan fingerprint density at radius 1 is 0.889 bits per heavy atom. The summed E-state index contributed by atoms with van der Waals surface area (Å²) in [6, 6.07) is 26.3. The molecule has 0 radical (unpaired) electrons. The van der Waals surface area contributed by atoms with Gasteiger partial charge in [-0.2, -0.15) is 5.10 Å². The van der Waals surface area contributed by atoms with Gasteiger partial charge in [0.1, 0.15) is 0 Å². The summed E-state index contributed by atoms with van der Waals surface area (Å²) in [4.78, 5) is 13.5. The van der Waals surface area contributed by atoms with Crippen LogP contribution in [0.3, 0.4) is 0 Å². The van der Waals surface area contributed by atoms with Gasteiger partial charge in [-0.3, -0.25) is 4.79 Å². The molecule has 4 nitrogen and oxygen atoms in total. The van der Waals surface area contributed by atoms with Gasteiger partial charge >= 0.3 is 0 Å². The number of rotatable bonds is 3. The summed E-state index contributed by atoms with van der Waals surface area (Å²) in [6.07, 6.45) is 2.58. The number of benzene rings is 3. The summed E-state index contributed by atoms with van der Waals surface area (Å²) in [5.74, 6) is 5.24. The molecule has 27 heavy (non-hydrogen) atoms. The second kappa shape index (κ2) is 8.63. The number of nitrogens with one attached hydrogen (secondary N) is 1. The van der Waals surface area contributed by atoms with Gasteiger partial charge in [-0.05, 0) is 29.7 Å². The Hall–Kier alpha value is -3.66. The lowest BCUT2D eigenvalue weighted by Crippen LogP contribution is -1.98. The number of carbonyl (C=O) groups is 1. The van der Waals surface area contributed by atoms with Crippen LogP contribution in [0.15, 0.2) is 90.2 Å². The van der Waals surface area contributed by atoms with Crippen LogP contribution in [0.1, 0.15) is 22.8 Å². The van der Waals surface area contributed by atoms with E-state index in [2.05, 4.69) is 34.4 Å². The molecular formula is C23H21N3O. The minimum atomic E-state index is 0.723. The van der Waals surface area contributed by atoms with Gasteiger partial charge in [0.05, 0.1) is 5.71 Å². The van der Waals surface area contributed by atoms with Crippen LogP contribution in [0.4, 0.5) is 0 Å². The van der Waals surface area contributed by atoms with E-state index in [1.54, 1.807) is 6.20 Å². The first-order valence-electron chi connectivity index (χ1n) is 8.64. The third kappa shape index (κ3) is 4.30. The molecule has 3 aromatic carbocycles. The maximum Gasteiger partial charge on any atom is 0.152 e. The highest BCUT2D eigenvalue weighted by atomic mass is 16.1. The lowest BCUT2D eigenvalue weighted by atomic mass is 10.0. The van der Waals surface area contributed by atoms with E-state index in [1.165, 1.54) is 11.1 Å². The van der Waals surface area contributed by atoms with Crippen molar-refractivity contribution in [2.45, 2.75) is 6.92 Å². The smallest absolute Gasteiger partial charge is 0.152 e. The summed E-state index contributed by atoms with van der Waals surface area (Å²) in [5, 5.41) is 4.67. The first-order chi connectivity index (χ1) is 13.2. The van der Waals surface area contributed by atoms with Gasteiger partial charge < -0.3 is 10.8 Å². The fourth-order valence-corrected chi connectivity index (χ4v) is 2.80. The van der Waals surface area contributed by atoms with Gasteiger partial charge in [-0.1, -0.05) is 72.8 Å². The van der Waals surface area contributed by atoms with Gasteiger partial charge in [-0.15, -0.1) is 0 Å². The van der Waals surface area contributed by atoms with Gasteiger partial charge in [0.2, 0.25) is 0 Å². The second-order valence-corrected chi connectivity index (χ2v) is 6.07. The summed E-state index contributed by atoms with van der Waals surface area (Å²) >= 11 is 0. The van der Waals surface area contributed by atoms with Crippen molar-refractivity contribution in [3.05, 3.63) is 96.2 Å². The Bertz CT molecular complexity index is 1050. The molecule has 1 heterocycles. The molecule has 0 aliphatic rings. The van der Waals surface area contributed by atoms with Crippen LogP contribution in [0.5, 0.6) is 0 Å². The molecule has 0 aliphatic heterocycles. The highest BCUT2D eigenvalue weighted by molar-refractivity contribution is 5.99. The average molecular weight is 355 g/mol. The molecule has 3 N–H and O–H groups in total. The molecule has 0 unspecified atom stereocenters. The predicted molar refractivity (Wildman–Crippen MR) is 112 cm³/mol. The number of aldehydes is 1. The number of aromatic nitrogens is 1. The van der Waals surface area contributed by atoms with Crippen molar-refractivity contribution in [2.75, 3.05) is 0 Å². The van der Waals surface area contributed by atoms with Crippen LogP contribution >= 0.6 is 0 Å². The van der Waals surface area contributed by atoms with Crippen LogP contribution in [0, 0.1) is 0 Å². The van der Waals surface area contributed by atoms with E-state index in [4.69, 9.17) is 5.84 Å². The number of carbonyl (C=O) groups excluding carboxylic acids is 1. The molecule has 4 rings (SSSR count). The first kappa shape index (κ1) is 18.1. The van der Waals surface area contributed by atoms with Gasteiger partial charge in [0.15, 0.2) is 6.29 Å². The number of fused-ring (bicyclic) bond motifs is 1. The van der Waals surface area contributed by atoms with Gasteiger partial charge in [-0.25, -0.2) is 0 Å². The number of hydrogen-bond acceptors (Lipinski definition) is 3. The van der Waals surface area contributed by atoms with Crippen LogP contribution in [0.25, 0.3) is 22.0 Å². The molecule has 4 aromatic rings. The van der Waals surface area contributed by atoms with Crippen LogP contribution < -0.4 is 5.84 Å². The Labute approximate surface area is 158 Å². The number of aromatic amines is 1. The lowest BCUT2D eigenvalue weighted by Gasteiger charge is -2.03. The topological polar surface area (TPSA) is 71.2 Å². The fraction of sp³-hybridized carbons (Fsp3) is 0.0435. The highest BCUT2D eigenvalue weighted by Gasteiger charge is 2.00. The Morgan fingerprint density at radius 3 is 2.19 bits per heavy atom. The monoisotopic (exact) mass is 355 g/mol. The third-order valence-corrected chi connectivity index (χ3v) is 4.35. The second-order valence-electron chi connectivity index (χ2n) is 6.07. The van der Waals surface area contributed by atoms with Crippen LogP contribution in [-0.2, 0) is 0 Å². The largest absolute Gasteiger partial charge is 0.360 e. The van der Waals surface area contributed by atoms with E-state index in [0.717, 1.165) is 34.0 Å². The van der Waals surface area contributed by atoms with E-state index < -0.39 is 0 Å². The average Bonchev–Trinajstić information content (AvgIpc) is 3.18. The third-order valence-electron chi connectivity index (χ3n) is 4.35. The molecule has 0 fully saturated rings. The van der Waals surface area contributed by atoms with Crippen LogP contribution in [0.2, 0.25) is 0 Å². The van der Waals surface area contributed by atoms with E-state index in [9.17, 15) is 4.79 Å². The van der Waals surface area contributed by atoms with Crippen molar-refractivity contribution in [3.8, 4) is 11.1 Å². The van der Waals surface area contributed by atoms with E-state index in [1.807, 2.05) is 61.5 Å². The zero-order valence-corrected chi connectivity index (χ0v) is 15.1. The molecule has 0 spiro atoms. The number of para-hydroxylation sites is 1. The maximum absolute atomic E-state index is 10.5. The molecule has 0 aliphatic carbocycles. The molecule has 0 bridgehead atoms. The molecule has 4 heteroatoms. The first-order valence-corrected chi connectivity index (χ1v) is 8.64. The minimum Gasteiger partial charge on any atom is -0.360 e. The minimum absolute atomic E-state index is 0.723. The normalized spacial score (nSPS) is 10.9. The summed E-state index contributed by atoms with van der Waals surface area (Å²) in [7, 11) is 0. The predicted octanol–water partition coefficient (Wildman–Crippen LogP) is 5.02. The highest BCUT2D eigenvalue weighted by Crippen LogP contribution is 2.19. The van der Waals surface area contributed by atoms with Crippen molar-refractivity contribution in [3.63, 3.8) is 0 Å². The number of hydrogen-bond donors (Lipinski definition) is 2. The van der Waals surface area contributed by atoms with Gasteiger partial charge in [0.25, 0.3) is 0 Å². The molecule has 0 saturated carbocycles. The Balaban J connectivity index is 0.000000166. The summed E-state index contributed by atoms with van der Waals surface area (Å²) in [6.45, 7) is 1.90. The number of hydrazone groups is 1. The molecule has 0 amide bonds. The van der Waals surface area contributed by atoms with Crippen molar-refractivity contribution >= 4 is 22.9 Å². The van der Waals surface area contributed by atoms with Crippen molar-refractivity contribution in [1.82, 2.24) is 4.98 Å². The van der Waals surface area contributed by atoms with E-state index >= 15 is 0 Å². The Morgan fingerprint density at radius 2 is 1.52 bits per heavy atom. The van der Waals surface area contributed by atoms with Crippen molar-refractivity contribution < 1.29 is 4.79 Å². The summed E-state index contributed by atoms with van der Waals surface area (Å²) in [5.41, 5.74) is 6.06. The number of nitrogens with zero attached hydrogens (tertiary/aromatic N) is 1. The molecule has 1 aromatic heterocycles. The zero-order chi connectivity index (χ0) is 19.1. The molecule has 0 atom stereocenters. The molecule has 0 saturated heterocycles. The fourth-order valence-electron chi connectivity index (χ4n) is 2.80. The number of nitrogens with two attached hydrogens (primary N) is 1. The molecule has 134 valence electrons. The van der Waals surface area contributed by atoms with Crippen LogP contribution in [-0.4, -0.2) is 17.0 Å². The van der Waals surface area contributed by atoms with E-state index in [-0.39, 0.29) is 0 Å².